The summed E-state index contributed by atoms with van der Waals surface area (Å²) in [5.41, 5.74) is 1.38. The lowest BCUT2D eigenvalue weighted by Gasteiger charge is -2.29. The van der Waals surface area contributed by atoms with Crippen molar-refractivity contribution in [2.45, 2.75) is 51.6 Å². The minimum Gasteiger partial charge on any atom is -0.310 e. The van der Waals surface area contributed by atoms with E-state index in [2.05, 4.69) is 52.4 Å². The Morgan fingerprint density at radius 1 is 1.24 bits per heavy atom. The van der Waals surface area contributed by atoms with Gasteiger partial charge < -0.3 is 5.32 Å². The summed E-state index contributed by atoms with van der Waals surface area (Å²) < 4.78 is 1.16. The topological polar surface area (TPSA) is 12.0 Å². The fourth-order valence-corrected chi connectivity index (χ4v) is 2.98. The van der Waals surface area contributed by atoms with Crippen LogP contribution in [0.4, 0.5) is 0 Å². The molecule has 0 aromatic heterocycles. The fourth-order valence-electron chi connectivity index (χ4n) is 2.71. The molecule has 1 fully saturated rings. The van der Waals surface area contributed by atoms with Gasteiger partial charge in [-0.25, -0.2) is 0 Å². The van der Waals surface area contributed by atoms with Gasteiger partial charge in [0.15, 0.2) is 0 Å². The van der Waals surface area contributed by atoms with Gasteiger partial charge in [-0.05, 0) is 36.5 Å². The van der Waals surface area contributed by atoms with Crippen molar-refractivity contribution in [3.8, 4) is 0 Å². The predicted octanol–water partition coefficient (Wildman–Crippen LogP) is 4.51. The van der Waals surface area contributed by atoms with Crippen molar-refractivity contribution in [2.75, 3.05) is 0 Å². The van der Waals surface area contributed by atoms with Gasteiger partial charge in [0.25, 0.3) is 0 Å². The summed E-state index contributed by atoms with van der Waals surface area (Å²) in [5, 5.41) is 3.71. The molecule has 2 atom stereocenters. The second kappa shape index (κ2) is 6.55. The molecule has 1 aliphatic carbocycles. The van der Waals surface area contributed by atoms with Crippen LogP contribution >= 0.6 is 15.9 Å². The van der Waals surface area contributed by atoms with Crippen molar-refractivity contribution < 1.29 is 0 Å². The van der Waals surface area contributed by atoms with Crippen molar-refractivity contribution in [2.24, 2.45) is 5.92 Å². The van der Waals surface area contributed by atoms with Gasteiger partial charge in [0.2, 0.25) is 0 Å². The van der Waals surface area contributed by atoms with E-state index >= 15 is 0 Å². The molecule has 0 saturated heterocycles. The quantitative estimate of drug-likeness (QED) is 0.862. The normalized spacial score (nSPS) is 24.8. The van der Waals surface area contributed by atoms with Crippen LogP contribution in [0.3, 0.4) is 0 Å². The van der Waals surface area contributed by atoms with Crippen LogP contribution in [-0.4, -0.2) is 6.04 Å². The molecule has 0 radical (unpaired) electrons. The molecule has 2 unspecified atom stereocenters. The van der Waals surface area contributed by atoms with E-state index in [1.54, 1.807) is 0 Å². The minimum atomic E-state index is 0.734. The summed E-state index contributed by atoms with van der Waals surface area (Å²) in [6.07, 6.45) is 6.90. The molecule has 0 aliphatic heterocycles. The van der Waals surface area contributed by atoms with Gasteiger partial charge in [0.1, 0.15) is 0 Å². The van der Waals surface area contributed by atoms with Crippen molar-refractivity contribution in [3.63, 3.8) is 0 Å². The van der Waals surface area contributed by atoms with Gasteiger partial charge in [0.05, 0.1) is 0 Å². The van der Waals surface area contributed by atoms with Crippen molar-refractivity contribution in [1.29, 1.82) is 0 Å². The van der Waals surface area contributed by atoms with E-state index in [9.17, 15) is 0 Å². The average Bonchev–Trinajstić information content (AvgIpc) is 2.38. The van der Waals surface area contributed by atoms with Gasteiger partial charge in [-0.2, -0.15) is 0 Å². The number of nitrogens with one attached hydrogen (secondary N) is 1. The van der Waals surface area contributed by atoms with Crippen LogP contribution < -0.4 is 5.32 Å². The van der Waals surface area contributed by atoms with E-state index < -0.39 is 0 Å². The van der Waals surface area contributed by atoms with E-state index in [-0.39, 0.29) is 0 Å². The van der Waals surface area contributed by atoms with E-state index in [1.165, 1.54) is 37.7 Å². The molecule has 1 aromatic rings. The molecule has 0 bridgehead atoms. The number of halogens is 1. The molecule has 1 aliphatic rings. The Hall–Kier alpha value is -0.340. The van der Waals surface area contributed by atoms with Gasteiger partial charge in [-0.15, -0.1) is 0 Å². The number of rotatable bonds is 4. The van der Waals surface area contributed by atoms with E-state index in [0.717, 1.165) is 23.0 Å². The summed E-state index contributed by atoms with van der Waals surface area (Å²) in [6, 6.07) is 9.35. The van der Waals surface area contributed by atoms with Crippen molar-refractivity contribution >= 4 is 15.9 Å². The summed E-state index contributed by atoms with van der Waals surface area (Å²) in [7, 11) is 0. The van der Waals surface area contributed by atoms with E-state index in [1.807, 2.05) is 0 Å². The molecule has 0 amide bonds. The first-order valence-electron chi connectivity index (χ1n) is 6.75. The average molecular weight is 296 g/mol. The summed E-state index contributed by atoms with van der Waals surface area (Å²) in [4.78, 5) is 0. The van der Waals surface area contributed by atoms with Crippen LogP contribution in [0, 0.1) is 5.92 Å². The van der Waals surface area contributed by atoms with Crippen LogP contribution in [0.1, 0.15) is 44.6 Å². The monoisotopic (exact) mass is 295 g/mol. The van der Waals surface area contributed by atoms with Crippen LogP contribution in [0.25, 0.3) is 0 Å². The first-order chi connectivity index (χ1) is 8.28. The van der Waals surface area contributed by atoms with Crippen molar-refractivity contribution in [3.05, 3.63) is 34.3 Å². The van der Waals surface area contributed by atoms with Crippen molar-refractivity contribution in [1.82, 2.24) is 5.32 Å². The molecule has 1 saturated carbocycles. The largest absolute Gasteiger partial charge is 0.310 e. The van der Waals surface area contributed by atoms with Crippen LogP contribution in [0.15, 0.2) is 28.7 Å². The molecule has 0 spiro atoms. The van der Waals surface area contributed by atoms with Gasteiger partial charge in [-0.3, -0.25) is 0 Å². The molecule has 0 heterocycles. The van der Waals surface area contributed by atoms with Gasteiger partial charge in [0, 0.05) is 17.1 Å². The molecule has 1 nitrogen and oxygen atoms in total. The lowest BCUT2D eigenvalue weighted by atomic mass is 9.84. The Kier molecular flexibility index (Phi) is 5.05. The second-order valence-electron chi connectivity index (χ2n) is 5.15. The van der Waals surface area contributed by atoms with Gasteiger partial charge >= 0.3 is 0 Å². The first-order valence-corrected chi connectivity index (χ1v) is 7.55. The van der Waals surface area contributed by atoms with Crippen LogP contribution in [0.2, 0.25) is 0 Å². The van der Waals surface area contributed by atoms with Crippen LogP contribution in [0.5, 0.6) is 0 Å². The Morgan fingerprint density at radius 2 is 2.00 bits per heavy atom. The van der Waals surface area contributed by atoms with E-state index in [0.29, 0.717) is 0 Å². The Labute approximate surface area is 113 Å². The molecular weight excluding hydrogens is 274 g/mol. The third-order valence-corrected chi connectivity index (χ3v) is 4.40. The first kappa shape index (κ1) is 13.1. The summed E-state index contributed by atoms with van der Waals surface area (Å²) >= 11 is 3.47. The molecular formula is C15H22BrN. The molecule has 1 aromatic carbocycles. The zero-order valence-corrected chi connectivity index (χ0v) is 12.2. The standard InChI is InChI=1S/C15H22BrN/c1-2-12-4-3-5-15(10-12)17-11-13-6-8-14(16)9-7-13/h6-9,12,15,17H,2-5,10-11H2,1H3. The second-order valence-corrected chi connectivity index (χ2v) is 6.06. The number of hydrogen-bond acceptors (Lipinski definition) is 1. The third kappa shape index (κ3) is 4.11. The molecule has 17 heavy (non-hydrogen) atoms. The number of benzene rings is 1. The zero-order chi connectivity index (χ0) is 12.1. The molecule has 94 valence electrons. The Balaban J connectivity index is 1.79. The highest BCUT2D eigenvalue weighted by Crippen LogP contribution is 2.26. The maximum atomic E-state index is 3.71. The maximum Gasteiger partial charge on any atom is 0.0208 e. The Bertz CT molecular complexity index is 333. The highest BCUT2D eigenvalue weighted by molar-refractivity contribution is 9.10. The minimum absolute atomic E-state index is 0.734. The predicted molar refractivity (Wildman–Crippen MR) is 77.0 cm³/mol. The molecule has 2 heteroatoms. The summed E-state index contributed by atoms with van der Waals surface area (Å²) in [5.74, 6) is 0.950. The summed E-state index contributed by atoms with van der Waals surface area (Å²) in [6.45, 7) is 3.33. The van der Waals surface area contributed by atoms with Crippen LogP contribution in [-0.2, 0) is 6.54 Å². The third-order valence-electron chi connectivity index (χ3n) is 3.87. The molecule has 2 rings (SSSR count). The smallest absolute Gasteiger partial charge is 0.0208 e. The lowest BCUT2D eigenvalue weighted by molar-refractivity contribution is 0.278. The fraction of sp³-hybridized carbons (Fsp3) is 0.600. The van der Waals surface area contributed by atoms with Gasteiger partial charge in [-0.1, -0.05) is 54.2 Å². The highest BCUT2D eigenvalue weighted by Gasteiger charge is 2.19. The maximum absolute atomic E-state index is 3.71. The SMILES string of the molecule is CCC1CCCC(NCc2ccc(Br)cc2)C1. The number of hydrogen-bond donors (Lipinski definition) is 1. The Morgan fingerprint density at radius 3 is 2.71 bits per heavy atom. The zero-order valence-electron chi connectivity index (χ0n) is 10.6. The highest BCUT2D eigenvalue weighted by atomic mass is 79.9. The van der Waals surface area contributed by atoms with E-state index in [4.69, 9.17) is 0 Å². The molecule has 1 N–H and O–H groups in total. The lowest BCUT2D eigenvalue weighted by Crippen LogP contribution is -2.33.